The van der Waals surface area contributed by atoms with E-state index in [2.05, 4.69) is 79.1 Å². The van der Waals surface area contributed by atoms with Gasteiger partial charge in [0.05, 0.1) is 22.4 Å². The molecule has 9 nitrogen and oxygen atoms in total. The highest BCUT2D eigenvalue weighted by atomic mass is 16.1. The number of hydrogen-bond acceptors (Lipinski definition) is 5. The van der Waals surface area contributed by atoms with Gasteiger partial charge in [0, 0.05) is 35.3 Å². The number of imidazole rings is 1. The molecule has 1 fully saturated rings. The fraction of sp³-hybridized carbons (Fsp3) is 0.250. The third kappa shape index (κ3) is 5.00. The number of carbonyl (C=O) groups excluding carboxylic acids is 1. The van der Waals surface area contributed by atoms with E-state index in [1.165, 1.54) is 0 Å². The summed E-state index contributed by atoms with van der Waals surface area (Å²) in [6, 6.07) is 16.6. The normalized spacial score (nSPS) is 14.2. The van der Waals surface area contributed by atoms with E-state index in [-0.39, 0.29) is 5.91 Å². The fourth-order valence-electron chi connectivity index (χ4n) is 5.89. The summed E-state index contributed by atoms with van der Waals surface area (Å²) in [5, 5.41) is 16.4. The summed E-state index contributed by atoms with van der Waals surface area (Å²) in [6.07, 6.45) is 8.22. The highest BCUT2D eigenvalue weighted by Crippen LogP contribution is 2.34. The Morgan fingerprint density at radius 3 is 2.68 bits per heavy atom. The van der Waals surface area contributed by atoms with Gasteiger partial charge in [0.1, 0.15) is 17.8 Å². The first kappa shape index (κ1) is 25.2. The van der Waals surface area contributed by atoms with Gasteiger partial charge in [0.2, 0.25) is 5.91 Å². The van der Waals surface area contributed by atoms with Crippen molar-refractivity contribution >= 4 is 33.4 Å². The number of carbonyl (C=O) groups is 1. The summed E-state index contributed by atoms with van der Waals surface area (Å²) in [6.45, 7) is 6.01. The molecule has 4 aromatic heterocycles. The highest BCUT2D eigenvalue weighted by molar-refractivity contribution is 5.99. The van der Waals surface area contributed by atoms with E-state index < -0.39 is 0 Å². The Hall–Kier alpha value is -4.76. The predicted molar refractivity (Wildman–Crippen MR) is 162 cm³/mol. The zero-order valence-corrected chi connectivity index (χ0v) is 23.2. The maximum atomic E-state index is 12.8. The molecular weight excluding hydrogens is 512 g/mol. The quantitative estimate of drug-likeness (QED) is 0.208. The largest absolute Gasteiger partial charge is 0.353 e. The number of aryl methyl sites for hydroxylation is 2. The van der Waals surface area contributed by atoms with Crippen LogP contribution in [0.4, 0.5) is 5.69 Å². The number of fused-ring (bicyclic) bond motifs is 2. The van der Waals surface area contributed by atoms with Crippen molar-refractivity contribution in [1.29, 1.82) is 0 Å². The van der Waals surface area contributed by atoms with Crippen LogP contribution in [0.5, 0.6) is 0 Å². The smallest absolute Gasteiger partial charge is 0.224 e. The van der Waals surface area contributed by atoms with Crippen LogP contribution in [-0.2, 0) is 4.79 Å². The lowest BCUT2D eigenvalue weighted by molar-refractivity contribution is -0.117. The second-order valence-electron chi connectivity index (χ2n) is 11.1. The van der Waals surface area contributed by atoms with Crippen molar-refractivity contribution in [1.82, 2.24) is 35.0 Å². The maximum Gasteiger partial charge on any atom is 0.224 e. The molecule has 7 rings (SSSR count). The Morgan fingerprint density at radius 1 is 0.976 bits per heavy atom. The molecule has 0 bridgehead atoms. The zero-order valence-electron chi connectivity index (χ0n) is 23.2. The van der Waals surface area contributed by atoms with Gasteiger partial charge >= 0.3 is 0 Å². The van der Waals surface area contributed by atoms with E-state index in [9.17, 15) is 4.79 Å². The first-order chi connectivity index (χ1) is 20.0. The van der Waals surface area contributed by atoms with Crippen LogP contribution in [0.25, 0.3) is 50.1 Å². The minimum absolute atomic E-state index is 0.0829. The molecule has 41 heavy (non-hydrogen) atoms. The van der Waals surface area contributed by atoms with Gasteiger partial charge in [-0.25, -0.2) is 9.97 Å². The average molecular weight is 545 g/mol. The Bertz CT molecular complexity index is 1890. The van der Waals surface area contributed by atoms with Crippen LogP contribution >= 0.6 is 0 Å². The second-order valence-corrected chi connectivity index (χ2v) is 11.1. The van der Waals surface area contributed by atoms with E-state index in [1.54, 1.807) is 12.5 Å². The molecule has 0 aliphatic carbocycles. The lowest BCUT2D eigenvalue weighted by Crippen LogP contribution is -2.30. The molecule has 0 spiro atoms. The summed E-state index contributed by atoms with van der Waals surface area (Å²) in [5.41, 5.74) is 8.65. The Balaban J connectivity index is 1.21. The highest BCUT2D eigenvalue weighted by Gasteiger charge is 2.18. The number of rotatable bonds is 6. The van der Waals surface area contributed by atoms with Crippen LogP contribution in [0.1, 0.15) is 30.5 Å². The van der Waals surface area contributed by atoms with Crippen LogP contribution in [0.3, 0.4) is 0 Å². The lowest BCUT2D eigenvalue weighted by atomic mass is 9.94. The molecule has 0 radical (unpaired) electrons. The van der Waals surface area contributed by atoms with Crippen molar-refractivity contribution < 1.29 is 4.79 Å². The summed E-state index contributed by atoms with van der Waals surface area (Å²) in [7, 11) is 0. The molecular formula is C32H32N8O. The molecule has 1 amide bonds. The molecule has 9 heteroatoms. The molecule has 6 aromatic rings. The SMILES string of the molecule is Cc1cc(NC(=O)CC2CCNCC2)cc(-c2ccc3[nH]nc(-c4cc5c(-n6cnc(C)c6)nccc5[nH]4)c3c2)c1. The Kier molecular flexibility index (Phi) is 6.36. The van der Waals surface area contributed by atoms with E-state index >= 15 is 0 Å². The number of aromatic amines is 2. The van der Waals surface area contributed by atoms with Gasteiger partial charge in [-0.1, -0.05) is 12.1 Å². The number of piperidine rings is 1. The van der Waals surface area contributed by atoms with E-state index in [4.69, 9.17) is 0 Å². The lowest BCUT2D eigenvalue weighted by Gasteiger charge is -2.22. The summed E-state index contributed by atoms with van der Waals surface area (Å²) in [5.74, 6) is 1.35. The van der Waals surface area contributed by atoms with Gasteiger partial charge in [0.15, 0.2) is 0 Å². The molecule has 206 valence electrons. The monoisotopic (exact) mass is 544 g/mol. The van der Waals surface area contributed by atoms with E-state index in [0.717, 1.165) is 93.0 Å². The summed E-state index contributed by atoms with van der Waals surface area (Å²) < 4.78 is 1.94. The first-order valence-corrected chi connectivity index (χ1v) is 14.1. The molecule has 1 aliphatic heterocycles. The van der Waals surface area contributed by atoms with Gasteiger partial charge in [-0.15, -0.1) is 0 Å². The van der Waals surface area contributed by atoms with Crippen LogP contribution in [0.2, 0.25) is 0 Å². The number of anilines is 1. The van der Waals surface area contributed by atoms with Crippen LogP contribution in [-0.4, -0.2) is 48.7 Å². The topological polar surface area (TPSA) is 116 Å². The molecule has 4 N–H and O–H groups in total. The standard InChI is InChI=1S/C32H32N8O/c1-19-11-23(14-24(12-19)36-30(41)13-21-5-8-33-9-6-21)22-3-4-28-25(15-22)31(39-38-28)29-16-26-27(37-29)7-10-34-32(26)40-17-20(2)35-18-40/h3-4,7,10-12,14-18,21,33,37H,5-6,8-9,13H2,1-2H3,(H,36,41)(H,38,39). The molecule has 0 saturated carbocycles. The van der Waals surface area contributed by atoms with Gasteiger partial charge < -0.3 is 15.6 Å². The third-order valence-corrected chi connectivity index (χ3v) is 7.93. The van der Waals surface area contributed by atoms with Gasteiger partial charge in [-0.05, 0) is 98.8 Å². The van der Waals surface area contributed by atoms with Crippen molar-refractivity contribution in [2.75, 3.05) is 18.4 Å². The number of nitrogens with zero attached hydrogens (tertiary/aromatic N) is 4. The molecule has 0 unspecified atom stereocenters. The molecule has 1 saturated heterocycles. The fourth-order valence-corrected chi connectivity index (χ4v) is 5.89. The minimum atomic E-state index is 0.0829. The van der Waals surface area contributed by atoms with Gasteiger partial charge in [0.25, 0.3) is 0 Å². The minimum Gasteiger partial charge on any atom is -0.353 e. The third-order valence-electron chi connectivity index (χ3n) is 7.93. The Labute approximate surface area is 237 Å². The molecule has 5 heterocycles. The number of pyridine rings is 1. The van der Waals surface area contributed by atoms with Crippen LogP contribution in [0, 0.1) is 19.8 Å². The maximum absolute atomic E-state index is 12.8. The number of hydrogen-bond donors (Lipinski definition) is 4. The van der Waals surface area contributed by atoms with Crippen LogP contribution < -0.4 is 10.6 Å². The van der Waals surface area contributed by atoms with Crippen molar-refractivity contribution in [3.63, 3.8) is 0 Å². The number of H-pyrrole nitrogens is 2. The van der Waals surface area contributed by atoms with Crippen molar-refractivity contribution in [2.45, 2.75) is 33.1 Å². The second kappa shape index (κ2) is 10.3. The van der Waals surface area contributed by atoms with Gasteiger partial charge in [-0.2, -0.15) is 5.10 Å². The molecule has 2 aromatic carbocycles. The number of aromatic nitrogens is 6. The van der Waals surface area contributed by atoms with Crippen molar-refractivity contribution in [3.8, 4) is 28.3 Å². The van der Waals surface area contributed by atoms with E-state index in [0.29, 0.717) is 12.3 Å². The number of nitrogens with one attached hydrogen (secondary N) is 4. The Morgan fingerprint density at radius 2 is 1.85 bits per heavy atom. The predicted octanol–water partition coefficient (Wildman–Crippen LogP) is 5.90. The average Bonchev–Trinajstić information content (AvgIpc) is 3.70. The first-order valence-electron chi connectivity index (χ1n) is 14.1. The number of benzene rings is 2. The zero-order chi connectivity index (χ0) is 27.9. The summed E-state index contributed by atoms with van der Waals surface area (Å²) >= 11 is 0. The summed E-state index contributed by atoms with van der Waals surface area (Å²) in [4.78, 5) is 25.3. The van der Waals surface area contributed by atoms with Crippen molar-refractivity contribution in [2.24, 2.45) is 5.92 Å². The van der Waals surface area contributed by atoms with Crippen LogP contribution in [0.15, 0.2) is 67.3 Å². The van der Waals surface area contributed by atoms with Crippen molar-refractivity contribution in [3.05, 3.63) is 78.5 Å². The van der Waals surface area contributed by atoms with Gasteiger partial charge in [-0.3, -0.25) is 14.5 Å². The van der Waals surface area contributed by atoms with E-state index in [1.807, 2.05) is 29.8 Å². The molecule has 0 atom stereocenters. The number of amides is 1. The molecule has 1 aliphatic rings.